The normalized spacial score (nSPS) is 11.5. The zero-order valence-electron chi connectivity index (χ0n) is 6.88. The maximum Gasteiger partial charge on any atom is 0.0341 e. The molecule has 0 aliphatic carbocycles. The van der Waals surface area contributed by atoms with Crippen LogP contribution in [0.2, 0.25) is 0 Å². The topological polar surface area (TPSA) is 12.4 Å². The largest absolute Gasteiger partial charge is 0.269 e. The van der Waals surface area contributed by atoms with Gasteiger partial charge in [-0.25, -0.2) is 0 Å². The molecule has 0 aromatic rings. The highest BCUT2D eigenvalue weighted by Gasteiger charge is 1.90. The molecule has 1 heteroatoms. The first-order chi connectivity index (χ1) is 5.26. The van der Waals surface area contributed by atoms with Gasteiger partial charge in [0.1, 0.15) is 0 Å². The summed E-state index contributed by atoms with van der Waals surface area (Å²) < 4.78 is 0. The maximum atomic E-state index is 3.95. The molecule has 0 saturated carbocycles. The molecule has 11 heavy (non-hydrogen) atoms. The van der Waals surface area contributed by atoms with Crippen LogP contribution >= 0.6 is 0 Å². The summed E-state index contributed by atoms with van der Waals surface area (Å²) in [5, 5.41) is 0. The lowest BCUT2D eigenvalue weighted by molar-refractivity contribution is 1.47. The highest BCUT2D eigenvalue weighted by molar-refractivity contribution is 5.55. The first-order valence-electron chi connectivity index (χ1n) is 3.38. The van der Waals surface area contributed by atoms with Crippen LogP contribution in [0.3, 0.4) is 0 Å². The molecule has 0 aliphatic heterocycles. The number of hydrogen-bond acceptors (Lipinski definition) is 1. The van der Waals surface area contributed by atoms with Crippen molar-refractivity contribution in [2.75, 3.05) is 0 Å². The predicted octanol–water partition coefficient (Wildman–Crippen LogP) is 2.89. The highest BCUT2D eigenvalue weighted by Crippen LogP contribution is 2.08. The monoisotopic (exact) mass is 147 g/mol. The summed E-state index contributed by atoms with van der Waals surface area (Å²) in [6.07, 6.45) is 6.80. The van der Waals surface area contributed by atoms with E-state index in [4.69, 9.17) is 0 Å². The summed E-state index contributed by atoms with van der Waals surface area (Å²) in [5.41, 5.74) is 1.74. The quantitative estimate of drug-likeness (QED) is 0.428. The third kappa shape index (κ3) is 3.36. The van der Waals surface area contributed by atoms with Gasteiger partial charge in [-0.15, -0.1) is 0 Å². The van der Waals surface area contributed by atoms with Crippen LogP contribution in [0.5, 0.6) is 0 Å². The molecule has 0 saturated heterocycles. The average Bonchev–Trinajstić information content (AvgIpc) is 2.05. The summed E-state index contributed by atoms with van der Waals surface area (Å²) in [5.74, 6) is 0. The molecule has 0 bridgehead atoms. The van der Waals surface area contributed by atoms with E-state index in [2.05, 4.69) is 24.7 Å². The molecular weight excluding hydrogens is 134 g/mol. The number of aliphatic imine (C=N–C) groups is 1. The van der Waals surface area contributed by atoms with E-state index < -0.39 is 0 Å². The summed E-state index contributed by atoms with van der Waals surface area (Å²) >= 11 is 0. The molecule has 0 spiro atoms. The average molecular weight is 147 g/mol. The van der Waals surface area contributed by atoms with Crippen LogP contribution in [0, 0.1) is 0 Å². The molecule has 0 heterocycles. The van der Waals surface area contributed by atoms with Crippen LogP contribution in [-0.4, -0.2) is 6.21 Å². The molecule has 0 amide bonds. The van der Waals surface area contributed by atoms with Gasteiger partial charge in [0.15, 0.2) is 0 Å². The number of hydrogen-bond donors (Lipinski definition) is 0. The second-order valence-electron chi connectivity index (χ2n) is 1.93. The third-order valence-electron chi connectivity index (χ3n) is 1.20. The first-order valence-corrected chi connectivity index (χ1v) is 3.38. The van der Waals surface area contributed by atoms with E-state index in [9.17, 15) is 0 Å². The van der Waals surface area contributed by atoms with E-state index >= 15 is 0 Å². The molecular formula is C10H13N. The molecule has 0 radical (unpaired) electrons. The van der Waals surface area contributed by atoms with Gasteiger partial charge in [-0.05, 0) is 18.1 Å². The van der Waals surface area contributed by atoms with E-state index in [0.29, 0.717) is 0 Å². The summed E-state index contributed by atoms with van der Waals surface area (Å²) in [4.78, 5) is 3.95. The van der Waals surface area contributed by atoms with Crippen LogP contribution in [-0.2, 0) is 0 Å². The van der Waals surface area contributed by atoms with Gasteiger partial charge in [-0.1, -0.05) is 31.9 Å². The SMILES string of the molecule is C=CC(=C)/C(C=C)=C\N=CC. The van der Waals surface area contributed by atoms with Crippen molar-refractivity contribution in [1.29, 1.82) is 0 Å². The minimum Gasteiger partial charge on any atom is -0.269 e. The second kappa shape index (κ2) is 5.42. The molecule has 0 aliphatic rings. The lowest BCUT2D eigenvalue weighted by Crippen LogP contribution is -1.78. The Morgan fingerprint density at radius 1 is 1.27 bits per heavy atom. The van der Waals surface area contributed by atoms with Gasteiger partial charge in [0, 0.05) is 12.4 Å². The highest BCUT2D eigenvalue weighted by atomic mass is 14.7. The van der Waals surface area contributed by atoms with Crippen molar-refractivity contribution in [2.24, 2.45) is 4.99 Å². The standard InChI is InChI=1S/C10H13N/c1-5-9(4)10(6-2)8-11-7-3/h5-8H,1-2,4H2,3H3/b10-8-,11-7?. The third-order valence-corrected chi connectivity index (χ3v) is 1.20. The lowest BCUT2D eigenvalue weighted by atomic mass is 10.1. The molecule has 0 aromatic heterocycles. The van der Waals surface area contributed by atoms with E-state index in [1.54, 1.807) is 24.6 Å². The molecule has 58 valence electrons. The first kappa shape index (κ1) is 9.63. The number of nitrogens with zero attached hydrogens (tertiary/aromatic N) is 1. The number of allylic oxidation sites excluding steroid dienone is 4. The van der Waals surface area contributed by atoms with Gasteiger partial charge in [-0.2, -0.15) is 0 Å². The fourth-order valence-corrected chi connectivity index (χ4v) is 0.539. The maximum absolute atomic E-state index is 3.95. The van der Waals surface area contributed by atoms with Crippen LogP contribution in [0.1, 0.15) is 6.92 Å². The van der Waals surface area contributed by atoms with E-state index in [-0.39, 0.29) is 0 Å². The Kier molecular flexibility index (Phi) is 4.74. The fraction of sp³-hybridized carbons (Fsp3) is 0.100. The van der Waals surface area contributed by atoms with Gasteiger partial charge in [0.2, 0.25) is 0 Å². The summed E-state index contributed by atoms with van der Waals surface area (Å²) in [6, 6.07) is 0. The smallest absolute Gasteiger partial charge is 0.0341 e. The van der Waals surface area contributed by atoms with E-state index in [1.165, 1.54) is 0 Å². The molecule has 0 rings (SSSR count). The minimum absolute atomic E-state index is 0.839. The van der Waals surface area contributed by atoms with Gasteiger partial charge >= 0.3 is 0 Å². The van der Waals surface area contributed by atoms with Gasteiger partial charge in [0.25, 0.3) is 0 Å². The van der Waals surface area contributed by atoms with Crippen LogP contribution in [0.4, 0.5) is 0 Å². The molecule has 0 fully saturated rings. The Morgan fingerprint density at radius 3 is 2.27 bits per heavy atom. The second-order valence-corrected chi connectivity index (χ2v) is 1.93. The Balaban J connectivity index is 4.51. The Hall–Kier alpha value is -1.37. The zero-order valence-corrected chi connectivity index (χ0v) is 6.88. The summed E-state index contributed by atoms with van der Waals surface area (Å²) in [7, 11) is 0. The fourth-order valence-electron chi connectivity index (χ4n) is 0.539. The summed E-state index contributed by atoms with van der Waals surface area (Å²) in [6.45, 7) is 12.9. The Morgan fingerprint density at radius 2 is 1.91 bits per heavy atom. The number of rotatable bonds is 4. The van der Waals surface area contributed by atoms with Crippen LogP contribution < -0.4 is 0 Å². The van der Waals surface area contributed by atoms with Gasteiger partial charge < -0.3 is 0 Å². The Bertz CT molecular complexity index is 219. The molecule has 0 atom stereocenters. The van der Waals surface area contributed by atoms with Crippen molar-refractivity contribution in [3.63, 3.8) is 0 Å². The Labute approximate surface area is 68.2 Å². The molecule has 0 N–H and O–H groups in total. The van der Waals surface area contributed by atoms with Gasteiger partial charge in [0.05, 0.1) is 0 Å². The van der Waals surface area contributed by atoms with Crippen molar-refractivity contribution in [2.45, 2.75) is 6.92 Å². The lowest BCUT2D eigenvalue weighted by Gasteiger charge is -1.96. The van der Waals surface area contributed by atoms with E-state index in [0.717, 1.165) is 11.1 Å². The van der Waals surface area contributed by atoms with Crippen molar-refractivity contribution in [1.82, 2.24) is 0 Å². The molecule has 0 unspecified atom stereocenters. The molecule has 1 nitrogen and oxygen atoms in total. The van der Waals surface area contributed by atoms with Crippen molar-refractivity contribution < 1.29 is 0 Å². The van der Waals surface area contributed by atoms with Crippen molar-refractivity contribution in [3.05, 3.63) is 49.2 Å². The van der Waals surface area contributed by atoms with Crippen LogP contribution in [0.25, 0.3) is 0 Å². The zero-order chi connectivity index (χ0) is 8.69. The van der Waals surface area contributed by atoms with E-state index in [1.807, 2.05) is 6.92 Å². The van der Waals surface area contributed by atoms with Crippen molar-refractivity contribution >= 4 is 6.21 Å². The predicted molar refractivity (Wildman–Crippen MR) is 51.8 cm³/mol. The van der Waals surface area contributed by atoms with Crippen LogP contribution in [0.15, 0.2) is 54.2 Å². The molecule has 0 aromatic carbocycles. The van der Waals surface area contributed by atoms with Crippen molar-refractivity contribution in [3.8, 4) is 0 Å². The van der Waals surface area contributed by atoms with Gasteiger partial charge in [-0.3, -0.25) is 4.99 Å². The minimum atomic E-state index is 0.839.